The van der Waals surface area contributed by atoms with Crippen molar-refractivity contribution in [3.63, 3.8) is 0 Å². The Labute approximate surface area is 191 Å². The number of terminal acetylenes is 1. The van der Waals surface area contributed by atoms with Gasteiger partial charge in [-0.1, -0.05) is 24.0 Å². The number of carbonyl (C=O) groups is 2. The van der Waals surface area contributed by atoms with Crippen LogP contribution in [0.4, 0.5) is 0 Å². The summed E-state index contributed by atoms with van der Waals surface area (Å²) in [5.41, 5.74) is 5.64. The number of hydrogen-bond donors (Lipinski definition) is 2. The van der Waals surface area contributed by atoms with Crippen LogP contribution in [0.1, 0.15) is 22.5 Å². The molecule has 0 fully saturated rings. The lowest BCUT2D eigenvalue weighted by atomic mass is 10.0. The molecule has 3 aromatic rings. The van der Waals surface area contributed by atoms with E-state index in [4.69, 9.17) is 16.9 Å². The Morgan fingerprint density at radius 2 is 2.09 bits per heavy atom. The molecule has 1 aromatic heterocycles. The molecule has 1 unspecified atom stereocenters. The molecule has 1 heterocycles. The van der Waals surface area contributed by atoms with Crippen molar-refractivity contribution in [1.29, 1.82) is 0 Å². The van der Waals surface area contributed by atoms with Crippen LogP contribution in [-0.2, 0) is 4.79 Å². The number of fused-ring (bicyclic) bond motifs is 1. The number of nitrogens with zero attached hydrogens (tertiary/aromatic N) is 3. The van der Waals surface area contributed by atoms with E-state index in [2.05, 4.69) is 27.7 Å². The molecule has 0 saturated carbocycles. The second-order valence-corrected chi connectivity index (χ2v) is 7.31. The molecule has 33 heavy (non-hydrogen) atoms. The van der Waals surface area contributed by atoms with Crippen molar-refractivity contribution in [3.05, 3.63) is 53.7 Å². The van der Waals surface area contributed by atoms with Crippen LogP contribution in [0.3, 0.4) is 0 Å². The van der Waals surface area contributed by atoms with Crippen molar-refractivity contribution in [3.8, 4) is 41.3 Å². The van der Waals surface area contributed by atoms with E-state index in [1.807, 2.05) is 0 Å². The molecular formula is C25H22N4O4. The van der Waals surface area contributed by atoms with Gasteiger partial charge in [-0.3, -0.25) is 9.59 Å². The molecule has 2 amide bonds. The summed E-state index contributed by atoms with van der Waals surface area (Å²) in [4.78, 5) is 33.1. The lowest BCUT2D eigenvalue weighted by Crippen LogP contribution is -2.30. The number of ether oxygens (including phenoxy) is 1. The Morgan fingerprint density at radius 1 is 1.30 bits per heavy atom. The van der Waals surface area contributed by atoms with Crippen molar-refractivity contribution in [2.75, 3.05) is 20.7 Å². The molecule has 0 saturated heterocycles. The number of methoxy groups -OCH3 is 1. The number of carbonyl (C=O) groups excluding carboxylic acids is 2. The maximum Gasteiger partial charge on any atom is 0.268 e. The predicted molar refractivity (Wildman–Crippen MR) is 124 cm³/mol. The Hall–Kier alpha value is -4.40. The number of aromatic nitrogens is 2. The van der Waals surface area contributed by atoms with E-state index in [0.29, 0.717) is 40.0 Å². The highest BCUT2D eigenvalue weighted by Crippen LogP contribution is 2.25. The molecule has 1 atom stereocenters. The first-order valence-electron chi connectivity index (χ1n) is 9.93. The summed E-state index contributed by atoms with van der Waals surface area (Å²) < 4.78 is 5.21. The SMILES string of the molecule is C#CC(O)(C#Cc1cccc(-c2nc(C(N)=O)c3cc(OC)ccc3n2)c1)CCN(C)C=O. The van der Waals surface area contributed by atoms with E-state index in [-0.39, 0.29) is 18.7 Å². The van der Waals surface area contributed by atoms with Gasteiger partial charge in [0.25, 0.3) is 5.91 Å². The van der Waals surface area contributed by atoms with Crippen LogP contribution in [0.2, 0.25) is 0 Å². The molecular weight excluding hydrogens is 420 g/mol. The van der Waals surface area contributed by atoms with Crippen molar-refractivity contribution < 1.29 is 19.4 Å². The standard InChI is InChI=1S/C25H22N4O4/c1-4-25(32,12-13-29(2)16-30)11-10-17-6-5-7-18(14-17)24-27-21-9-8-19(33-3)15-20(21)22(28-24)23(26)31/h1,5-9,14-16,32H,12-13H2,2-3H3,(H2,26,31). The third-order valence-corrected chi connectivity index (χ3v) is 4.92. The summed E-state index contributed by atoms with van der Waals surface area (Å²) in [5, 5.41) is 11.0. The van der Waals surface area contributed by atoms with Crippen LogP contribution >= 0.6 is 0 Å². The molecule has 0 aliphatic rings. The Kier molecular flexibility index (Phi) is 6.92. The largest absolute Gasteiger partial charge is 0.497 e. The minimum absolute atomic E-state index is 0.0754. The van der Waals surface area contributed by atoms with E-state index < -0.39 is 11.5 Å². The van der Waals surface area contributed by atoms with E-state index in [0.717, 1.165) is 0 Å². The van der Waals surface area contributed by atoms with Gasteiger partial charge in [0.15, 0.2) is 11.4 Å². The van der Waals surface area contributed by atoms with Gasteiger partial charge in [0.2, 0.25) is 6.41 Å². The van der Waals surface area contributed by atoms with Gasteiger partial charge in [-0.25, -0.2) is 9.97 Å². The average Bonchev–Trinajstić information content (AvgIpc) is 2.85. The highest BCUT2D eigenvalue weighted by atomic mass is 16.5. The Morgan fingerprint density at radius 3 is 2.76 bits per heavy atom. The fourth-order valence-corrected chi connectivity index (χ4v) is 3.02. The second kappa shape index (κ2) is 9.82. The molecule has 8 nitrogen and oxygen atoms in total. The summed E-state index contributed by atoms with van der Waals surface area (Å²) in [6.07, 6.45) is 6.20. The minimum Gasteiger partial charge on any atom is -0.497 e. The van der Waals surface area contributed by atoms with E-state index in [1.54, 1.807) is 49.5 Å². The van der Waals surface area contributed by atoms with Crippen molar-refractivity contribution in [2.45, 2.75) is 12.0 Å². The average molecular weight is 442 g/mol. The number of amides is 2. The summed E-state index contributed by atoms with van der Waals surface area (Å²) in [6, 6.07) is 12.1. The Balaban J connectivity index is 1.99. The fraction of sp³-hybridized carbons (Fsp3) is 0.200. The monoisotopic (exact) mass is 442 g/mol. The van der Waals surface area contributed by atoms with E-state index in [1.165, 1.54) is 12.0 Å². The van der Waals surface area contributed by atoms with Crippen molar-refractivity contribution in [1.82, 2.24) is 14.9 Å². The number of nitrogens with two attached hydrogens (primary N) is 1. The zero-order valence-electron chi connectivity index (χ0n) is 18.2. The molecule has 3 N–H and O–H groups in total. The summed E-state index contributed by atoms with van der Waals surface area (Å²) in [6.45, 7) is 0.254. The topological polar surface area (TPSA) is 119 Å². The van der Waals surface area contributed by atoms with Gasteiger partial charge >= 0.3 is 0 Å². The molecule has 0 aliphatic carbocycles. The molecule has 166 valence electrons. The number of benzene rings is 2. The highest BCUT2D eigenvalue weighted by molar-refractivity contribution is 6.04. The first kappa shape index (κ1) is 23.3. The molecule has 2 aromatic carbocycles. The van der Waals surface area contributed by atoms with Crippen LogP contribution in [0.5, 0.6) is 5.75 Å². The zero-order chi connectivity index (χ0) is 24.0. The normalized spacial score (nSPS) is 12.1. The maximum absolute atomic E-state index is 12.0. The van der Waals surface area contributed by atoms with E-state index >= 15 is 0 Å². The second-order valence-electron chi connectivity index (χ2n) is 7.31. The first-order chi connectivity index (χ1) is 15.8. The van der Waals surface area contributed by atoms with Gasteiger partial charge in [0.1, 0.15) is 11.4 Å². The fourth-order valence-electron chi connectivity index (χ4n) is 3.02. The summed E-state index contributed by atoms with van der Waals surface area (Å²) in [5.74, 6) is 7.99. The van der Waals surface area contributed by atoms with Crippen LogP contribution < -0.4 is 10.5 Å². The molecule has 0 spiro atoms. The third kappa shape index (κ3) is 5.45. The van der Waals surface area contributed by atoms with Gasteiger partial charge in [0, 0.05) is 36.5 Å². The molecule has 8 heteroatoms. The number of primary amides is 1. The summed E-state index contributed by atoms with van der Waals surface area (Å²) >= 11 is 0. The summed E-state index contributed by atoms with van der Waals surface area (Å²) in [7, 11) is 3.11. The van der Waals surface area contributed by atoms with E-state index in [9.17, 15) is 14.7 Å². The van der Waals surface area contributed by atoms with Gasteiger partial charge in [-0.15, -0.1) is 6.42 Å². The van der Waals surface area contributed by atoms with Crippen LogP contribution in [0.15, 0.2) is 42.5 Å². The van der Waals surface area contributed by atoms with Gasteiger partial charge in [-0.2, -0.15) is 0 Å². The van der Waals surface area contributed by atoms with Gasteiger partial charge in [-0.05, 0) is 36.3 Å². The molecule has 0 radical (unpaired) electrons. The zero-order valence-corrected chi connectivity index (χ0v) is 18.2. The van der Waals surface area contributed by atoms with Crippen molar-refractivity contribution in [2.24, 2.45) is 5.73 Å². The lowest BCUT2D eigenvalue weighted by molar-refractivity contribution is -0.117. The lowest BCUT2D eigenvalue weighted by Gasteiger charge is -2.18. The van der Waals surface area contributed by atoms with Crippen LogP contribution in [-0.4, -0.2) is 58.6 Å². The van der Waals surface area contributed by atoms with Crippen LogP contribution in [0.25, 0.3) is 22.3 Å². The van der Waals surface area contributed by atoms with Crippen LogP contribution in [0, 0.1) is 24.2 Å². The number of rotatable bonds is 7. The smallest absolute Gasteiger partial charge is 0.268 e. The molecule has 0 aliphatic heterocycles. The van der Waals surface area contributed by atoms with Gasteiger partial charge < -0.3 is 20.5 Å². The maximum atomic E-state index is 12.0. The van der Waals surface area contributed by atoms with Crippen molar-refractivity contribution >= 4 is 23.2 Å². The number of hydrogen-bond acceptors (Lipinski definition) is 6. The Bertz CT molecular complexity index is 1320. The minimum atomic E-state index is -1.69. The molecule has 3 rings (SSSR count). The molecule has 0 bridgehead atoms. The number of aliphatic hydroxyl groups is 1. The third-order valence-electron chi connectivity index (χ3n) is 4.92. The highest BCUT2D eigenvalue weighted by Gasteiger charge is 2.21. The quantitative estimate of drug-likeness (QED) is 0.424. The first-order valence-corrected chi connectivity index (χ1v) is 9.93. The predicted octanol–water partition coefficient (Wildman–Crippen LogP) is 1.60. The van der Waals surface area contributed by atoms with Gasteiger partial charge in [0.05, 0.1) is 12.6 Å².